The molecule has 0 aliphatic carbocycles. The maximum absolute atomic E-state index is 5.83. The molecule has 0 spiro atoms. The van der Waals surface area contributed by atoms with Crippen molar-refractivity contribution < 1.29 is 0 Å². The Kier molecular flexibility index (Phi) is 4.91. The normalized spacial score (nSPS) is 10.7. The molecule has 3 aromatic rings. The molecule has 0 aliphatic heterocycles. The van der Waals surface area contributed by atoms with Gasteiger partial charge in [-0.2, -0.15) is 0 Å². The van der Waals surface area contributed by atoms with Gasteiger partial charge in [0.1, 0.15) is 0 Å². The van der Waals surface area contributed by atoms with E-state index >= 15 is 0 Å². The molecule has 0 unspecified atom stereocenters. The Balaban J connectivity index is 1.59. The number of thioether (sulfide) groups is 1. The molecule has 0 amide bonds. The van der Waals surface area contributed by atoms with E-state index in [1.165, 1.54) is 5.56 Å². The van der Waals surface area contributed by atoms with Crippen LogP contribution in [0.3, 0.4) is 0 Å². The molecule has 5 heteroatoms. The Labute approximate surface area is 137 Å². The smallest absolute Gasteiger partial charge is 0.0972 e. The molecule has 3 rings (SSSR count). The standard InChI is InChI=1S/C16H13ClN2S2/c17-13-6-7-15(18-9-13)20-10-14-11-21-16(19-14)8-12-4-2-1-3-5-12/h1-7,9,11H,8,10H2. The monoisotopic (exact) mass is 332 g/mol. The highest BCUT2D eigenvalue weighted by molar-refractivity contribution is 7.98. The number of hydrogen-bond acceptors (Lipinski definition) is 4. The van der Waals surface area contributed by atoms with Crippen LogP contribution in [0, 0.1) is 0 Å². The summed E-state index contributed by atoms with van der Waals surface area (Å²) in [6.07, 6.45) is 2.57. The molecule has 0 aliphatic rings. The van der Waals surface area contributed by atoms with Crippen LogP contribution in [0.1, 0.15) is 16.3 Å². The molecule has 21 heavy (non-hydrogen) atoms. The summed E-state index contributed by atoms with van der Waals surface area (Å²) >= 11 is 9.22. The zero-order chi connectivity index (χ0) is 14.5. The van der Waals surface area contributed by atoms with Gasteiger partial charge in [-0.15, -0.1) is 23.1 Å². The van der Waals surface area contributed by atoms with E-state index in [0.717, 1.165) is 27.9 Å². The first-order valence-electron chi connectivity index (χ1n) is 6.51. The third-order valence-electron chi connectivity index (χ3n) is 2.87. The van der Waals surface area contributed by atoms with Crippen LogP contribution < -0.4 is 0 Å². The van der Waals surface area contributed by atoms with Crippen molar-refractivity contribution in [3.8, 4) is 0 Å². The van der Waals surface area contributed by atoms with Gasteiger partial charge >= 0.3 is 0 Å². The Bertz CT molecular complexity index is 696. The summed E-state index contributed by atoms with van der Waals surface area (Å²) in [7, 11) is 0. The van der Waals surface area contributed by atoms with Gasteiger partial charge in [0.15, 0.2) is 0 Å². The zero-order valence-corrected chi connectivity index (χ0v) is 13.6. The molecule has 2 heterocycles. The SMILES string of the molecule is Clc1ccc(SCc2csc(Cc3ccccc3)n2)nc1. The molecule has 0 fully saturated rings. The van der Waals surface area contributed by atoms with E-state index in [0.29, 0.717) is 5.02 Å². The average molecular weight is 333 g/mol. The van der Waals surface area contributed by atoms with Crippen LogP contribution in [0.4, 0.5) is 0 Å². The van der Waals surface area contributed by atoms with Crippen LogP contribution in [0.2, 0.25) is 5.02 Å². The van der Waals surface area contributed by atoms with Crippen LogP contribution in [0.5, 0.6) is 0 Å². The van der Waals surface area contributed by atoms with Crippen molar-refractivity contribution in [2.75, 3.05) is 0 Å². The van der Waals surface area contributed by atoms with Gasteiger partial charge in [-0.05, 0) is 17.7 Å². The molecule has 0 atom stereocenters. The zero-order valence-electron chi connectivity index (χ0n) is 11.2. The lowest BCUT2D eigenvalue weighted by Gasteiger charge is -1.98. The van der Waals surface area contributed by atoms with Crippen molar-refractivity contribution in [2.45, 2.75) is 17.2 Å². The highest BCUT2D eigenvalue weighted by Gasteiger charge is 2.04. The second-order valence-corrected chi connectivity index (χ2v) is 6.87. The topological polar surface area (TPSA) is 25.8 Å². The summed E-state index contributed by atoms with van der Waals surface area (Å²) in [6, 6.07) is 14.2. The predicted octanol–water partition coefficient (Wildman–Crippen LogP) is 5.07. The number of pyridine rings is 1. The molecule has 0 saturated heterocycles. The number of rotatable bonds is 5. The second-order valence-electron chi connectivity index (χ2n) is 4.50. The van der Waals surface area contributed by atoms with Crippen LogP contribution >= 0.6 is 34.7 Å². The summed E-state index contributed by atoms with van der Waals surface area (Å²) in [5, 5.41) is 4.91. The molecular weight excluding hydrogens is 320 g/mol. The maximum atomic E-state index is 5.83. The lowest BCUT2D eigenvalue weighted by atomic mass is 10.2. The highest BCUT2D eigenvalue weighted by atomic mass is 35.5. The number of hydrogen-bond donors (Lipinski definition) is 0. The molecule has 0 saturated carbocycles. The Morgan fingerprint density at radius 3 is 2.71 bits per heavy atom. The maximum Gasteiger partial charge on any atom is 0.0972 e. The molecule has 0 radical (unpaired) electrons. The van der Waals surface area contributed by atoms with Crippen LogP contribution in [0.25, 0.3) is 0 Å². The van der Waals surface area contributed by atoms with E-state index in [4.69, 9.17) is 11.6 Å². The largest absolute Gasteiger partial charge is 0.248 e. The van der Waals surface area contributed by atoms with E-state index in [2.05, 4.69) is 39.6 Å². The third kappa shape index (κ3) is 4.30. The lowest BCUT2D eigenvalue weighted by Crippen LogP contribution is -1.88. The molecule has 0 bridgehead atoms. The molecule has 106 valence electrons. The quantitative estimate of drug-likeness (QED) is 0.610. The van der Waals surface area contributed by atoms with Gasteiger partial charge in [0.2, 0.25) is 0 Å². The van der Waals surface area contributed by atoms with Crippen LogP contribution in [0.15, 0.2) is 59.1 Å². The fraction of sp³-hybridized carbons (Fsp3) is 0.125. The van der Waals surface area contributed by atoms with Crippen molar-refractivity contribution >= 4 is 34.7 Å². The summed E-state index contributed by atoms with van der Waals surface area (Å²) in [5.41, 5.74) is 2.40. The summed E-state index contributed by atoms with van der Waals surface area (Å²) < 4.78 is 0. The van der Waals surface area contributed by atoms with Crippen molar-refractivity contribution in [3.63, 3.8) is 0 Å². The lowest BCUT2D eigenvalue weighted by molar-refractivity contribution is 1.08. The number of benzene rings is 1. The number of nitrogens with zero attached hydrogens (tertiary/aromatic N) is 2. The first-order valence-corrected chi connectivity index (χ1v) is 8.75. The Morgan fingerprint density at radius 1 is 1.10 bits per heavy atom. The van der Waals surface area contributed by atoms with E-state index < -0.39 is 0 Å². The predicted molar refractivity (Wildman–Crippen MR) is 90.2 cm³/mol. The average Bonchev–Trinajstić information content (AvgIpc) is 2.95. The molecular formula is C16H13ClN2S2. The van der Waals surface area contributed by atoms with E-state index in [1.807, 2.05) is 18.2 Å². The van der Waals surface area contributed by atoms with Gasteiger partial charge in [-0.25, -0.2) is 9.97 Å². The molecule has 0 N–H and O–H groups in total. The van der Waals surface area contributed by atoms with Gasteiger partial charge < -0.3 is 0 Å². The number of thiazole rings is 1. The fourth-order valence-electron chi connectivity index (χ4n) is 1.86. The van der Waals surface area contributed by atoms with Crippen molar-refractivity contribution in [1.82, 2.24) is 9.97 Å². The van der Waals surface area contributed by atoms with E-state index in [-0.39, 0.29) is 0 Å². The summed E-state index contributed by atoms with van der Waals surface area (Å²) in [5.74, 6) is 0.833. The minimum Gasteiger partial charge on any atom is -0.248 e. The van der Waals surface area contributed by atoms with Gasteiger partial charge in [-0.3, -0.25) is 0 Å². The fourth-order valence-corrected chi connectivity index (χ4v) is 3.64. The van der Waals surface area contributed by atoms with E-state index in [9.17, 15) is 0 Å². The Hall–Kier alpha value is -1.36. The van der Waals surface area contributed by atoms with Gasteiger partial charge in [-0.1, -0.05) is 41.9 Å². The highest BCUT2D eigenvalue weighted by Crippen LogP contribution is 2.23. The van der Waals surface area contributed by atoms with Crippen LogP contribution in [-0.2, 0) is 12.2 Å². The van der Waals surface area contributed by atoms with Crippen molar-refractivity contribution in [2.24, 2.45) is 0 Å². The second kappa shape index (κ2) is 7.07. The van der Waals surface area contributed by atoms with Gasteiger partial charge in [0.05, 0.1) is 20.8 Å². The first kappa shape index (κ1) is 14.6. The Morgan fingerprint density at radius 2 is 1.95 bits per heavy atom. The first-order chi connectivity index (χ1) is 10.3. The minimum absolute atomic E-state index is 0.665. The van der Waals surface area contributed by atoms with Gasteiger partial charge in [0, 0.05) is 23.8 Å². The van der Waals surface area contributed by atoms with Crippen molar-refractivity contribution in [3.05, 3.63) is 75.3 Å². The van der Waals surface area contributed by atoms with E-state index in [1.54, 1.807) is 29.3 Å². The molecule has 2 aromatic heterocycles. The number of aromatic nitrogens is 2. The third-order valence-corrected chi connectivity index (χ3v) is 4.96. The number of halogens is 1. The molecule has 2 nitrogen and oxygen atoms in total. The van der Waals surface area contributed by atoms with Crippen molar-refractivity contribution in [1.29, 1.82) is 0 Å². The summed E-state index contributed by atoms with van der Waals surface area (Å²) in [6.45, 7) is 0. The van der Waals surface area contributed by atoms with Crippen LogP contribution in [-0.4, -0.2) is 9.97 Å². The summed E-state index contributed by atoms with van der Waals surface area (Å²) in [4.78, 5) is 8.96. The molecule has 1 aromatic carbocycles. The minimum atomic E-state index is 0.665. The van der Waals surface area contributed by atoms with Gasteiger partial charge in [0.25, 0.3) is 0 Å².